The summed E-state index contributed by atoms with van der Waals surface area (Å²) in [6, 6.07) is 7.46. The van der Waals surface area contributed by atoms with Crippen molar-refractivity contribution < 1.29 is 0 Å². The van der Waals surface area contributed by atoms with Gasteiger partial charge in [-0.2, -0.15) is 16.6 Å². The van der Waals surface area contributed by atoms with E-state index in [4.69, 9.17) is 11.0 Å². The fraction of sp³-hybridized carbons (Fsp3) is 0.154. The number of nitrogens with zero attached hydrogens (tertiary/aromatic N) is 1. The van der Waals surface area contributed by atoms with Crippen molar-refractivity contribution in [1.29, 1.82) is 5.26 Å². The molecule has 1 aromatic carbocycles. The van der Waals surface area contributed by atoms with Crippen LogP contribution in [0.15, 0.2) is 29.0 Å². The molecule has 3 nitrogen and oxygen atoms in total. The zero-order valence-electron chi connectivity index (χ0n) is 9.53. The van der Waals surface area contributed by atoms with E-state index in [1.165, 1.54) is 11.1 Å². The topological polar surface area (TPSA) is 61.8 Å². The van der Waals surface area contributed by atoms with E-state index in [-0.39, 0.29) is 0 Å². The highest BCUT2D eigenvalue weighted by atomic mass is 32.1. The molecule has 2 rings (SSSR count). The maximum Gasteiger partial charge on any atom is 0.101 e. The molecule has 0 atom stereocenters. The summed E-state index contributed by atoms with van der Waals surface area (Å²) < 4.78 is 0. The van der Waals surface area contributed by atoms with Crippen molar-refractivity contribution in [1.82, 2.24) is 0 Å². The number of nitriles is 1. The first-order chi connectivity index (χ1) is 8.20. The van der Waals surface area contributed by atoms with Crippen LogP contribution in [-0.2, 0) is 6.54 Å². The number of anilines is 2. The van der Waals surface area contributed by atoms with E-state index < -0.39 is 0 Å². The number of rotatable bonds is 3. The predicted molar refractivity (Wildman–Crippen MR) is 72.0 cm³/mol. The molecular weight excluding hydrogens is 230 g/mol. The lowest BCUT2D eigenvalue weighted by Crippen LogP contribution is -2.02. The van der Waals surface area contributed by atoms with Crippen molar-refractivity contribution in [3.05, 3.63) is 45.6 Å². The van der Waals surface area contributed by atoms with Crippen molar-refractivity contribution >= 4 is 22.7 Å². The maximum atomic E-state index is 9.01. The first kappa shape index (κ1) is 11.5. The first-order valence-corrected chi connectivity index (χ1v) is 6.20. The number of nitrogens with one attached hydrogen (secondary N) is 1. The Morgan fingerprint density at radius 2 is 2.24 bits per heavy atom. The van der Waals surface area contributed by atoms with Crippen LogP contribution < -0.4 is 11.1 Å². The molecule has 0 radical (unpaired) electrons. The summed E-state index contributed by atoms with van der Waals surface area (Å²) in [5, 5.41) is 16.5. The van der Waals surface area contributed by atoms with Crippen LogP contribution >= 0.6 is 11.3 Å². The van der Waals surface area contributed by atoms with E-state index in [0.717, 1.165) is 12.2 Å². The molecule has 0 aliphatic carbocycles. The second kappa shape index (κ2) is 4.89. The van der Waals surface area contributed by atoms with Crippen LogP contribution in [-0.4, -0.2) is 0 Å². The van der Waals surface area contributed by atoms with Crippen LogP contribution in [0.1, 0.15) is 16.7 Å². The maximum absolute atomic E-state index is 9.01. The Morgan fingerprint density at radius 3 is 2.88 bits per heavy atom. The molecule has 0 aliphatic heterocycles. The molecule has 1 aromatic heterocycles. The largest absolute Gasteiger partial charge is 0.399 e. The van der Waals surface area contributed by atoms with Crippen LogP contribution in [0.3, 0.4) is 0 Å². The van der Waals surface area contributed by atoms with Crippen LogP contribution in [0.2, 0.25) is 0 Å². The zero-order valence-corrected chi connectivity index (χ0v) is 10.3. The molecule has 0 amide bonds. The lowest BCUT2D eigenvalue weighted by Gasteiger charge is -2.08. The number of hydrogen-bond acceptors (Lipinski definition) is 4. The van der Waals surface area contributed by atoms with Gasteiger partial charge in [0.2, 0.25) is 0 Å². The Hall–Kier alpha value is -1.99. The van der Waals surface area contributed by atoms with Crippen molar-refractivity contribution in [3.8, 4) is 6.07 Å². The lowest BCUT2D eigenvalue weighted by molar-refractivity contribution is 1.13. The standard InChI is InChI=1S/C13H13N3S/c1-9-7-17-8-11(9)6-16-13-3-2-12(15)4-10(13)5-14/h2-4,7-8,16H,6,15H2,1H3. The normalized spacial score (nSPS) is 9.88. The fourth-order valence-electron chi connectivity index (χ4n) is 1.57. The van der Waals surface area contributed by atoms with Crippen LogP contribution in [0, 0.1) is 18.3 Å². The SMILES string of the molecule is Cc1cscc1CNc1ccc(N)cc1C#N. The van der Waals surface area contributed by atoms with E-state index >= 15 is 0 Å². The molecule has 4 heteroatoms. The predicted octanol–water partition coefficient (Wildman–Crippen LogP) is 3.12. The third-order valence-electron chi connectivity index (χ3n) is 2.59. The molecule has 0 saturated carbocycles. The van der Waals surface area contributed by atoms with Crippen molar-refractivity contribution in [3.63, 3.8) is 0 Å². The highest BCUT2D eigenvalue weighted by Gasteiger charge is 2.03. The number of aryl methyl sites for hydroxylation is 1. The van der Waals surface area contributed by atoms with Crippen molar-refractivity contribution in [2.24, 2.45) is 0 Å². The van der Waals surface area contributed by atoms with Gasteiger partial charge < -0.3 is 11.1 Å². The highest BCUT2D eigenvalue weighted by molar-refractivity contribution is 7.08. The molecule has 1 heterocycles. The van der Waals surface area contributed by atoms with E-state index in [1.54, 1.807) is 23.5 Å². The number of nitrogen functional groups attached to an aromatic ring is 1. The Kier molecular flexibility index (Phi) is 3.31. The summed E-state index contributed by atoms with van der Waals surface area (Å²) in [6.07, 6.45) is 0. The molecule has 3 N–H and O–H groups in total. The van der Waals surface area contributed by atoms with Crippen LogP contribution in [0.5, 0.6) is 0 Å². The zero-order chi connectivity index (χ0) is 12.3. The van der Waals surface area contributed by atoms with E-state index in [0.29, 0.717) is 11.3 Å². The quantitative estimate of drug-likeness (QED) is 0.814. The van der Waals surface area contributed by atoms with Gasteiger partial charge in [0.25, 0.3) is 0 Å². The van der Waals surface area contributed by atoms with Crippen LogP contribution in [0.4, 0.5) is 11.4 Å². The van der Waals surface area contributed by atoms with Gasteiger partial charge >= 0.3 is 0 Å². The second-order valence-electron chi connectivity index (χ2n) is 3.85. The first-order valence-electron chi connectivity index (χ1n) is 5.26. The molecule has 0 unspecified atom stereocenters. The van der Waals surface area contributed by atoms with Gasteiger partial charge in [0.05, 0.1) is 11.3 Å². The minimum absolute atomic E-state index is 0.581. The lowest BCUT2D eigenvalue weighted by atomic mass is 10.1. The van der Waals surface area contributed by atoms with Gasteiger partial charge in [0.15, 0.2) is 0 Å². The monoisotopic (exact) mass is 243 g/mol. The van der Waals surface area contributed by atoms with E-state index in [9.17, 15) is 0 Å². The average Bonchev–Trinajstić information content (AvgIpc) is 2.73. The Balaban J connectivity index is 2.15. The smallest absolute Gasteiger partial charge is 0.101 e. The number of thiophene rings is 1. The molecule has 17 heavy (non-hydrogen) atoms. The van der Waals surface area contributed by atoms with E-state index in [1.807, 2.05) is 6.07 Å². The van der Waals surface area contributed by atoms with Gasteiger partial charge in [-0.05, 0) is 47.0 Å². The molecule has 0 bridgehead atoms. The van der Waals surface area contributed by atoms with Gasteiger partial charge in [0, 0.05) is 12.2 Å². The Labute approximate surface area is 105 Å². The van der Waals surface area contributed by atoms with Crippen molar-refractivity contribution in [2.45, 2.75) is 13.5 Å². The Morgan fingerprint density at radius 1 is 1.41 bits per heavy atom. The number of benzene rings is 1. The summed E-state index contributed by atoms with van der Waals surface area (Å²) in [4.78, 5) is 0. The van der Waals surface area contributed by atoms with Gasteiger partial charge in [-0.15, -0.1) is 0 Å². The minimum atomic E-state index is 0.581. The highest BCUT2D eigenvalue weighted by Crippen LogP contribution is 2.20. The average molecular weight is 243 g/mol. The second-order valence-corrected chi connectivity index (χ2v) is 4.59. The molecule has 86 valence electrons. The number of hydrogen-bond donors (Lipinski definition) is 2. The van der Waals surface area contributed by atoms with Gasteiger partial charge in [-0.1, -0.05) is 0 Å². The van der Waals surface area contributed by atoms with E-state index in [2.05, 4.69) is 29.1 Å². The van der Waals surface area contributed by atoms with Crippen molar-refractivity contribution in [2.75, 3.05) is 11.1 Å². The number of nitrogens with two attached hydrogens (primary N) is 1. The fourth-order valence-corrected chi connectivity index (χ4v) is 2.42. The summed E-state index contributed by atoms with van der Waals surface area (Å²) >= 11 is 1.69. The molecule has 0 fully saturated rings. The van der Waals surface area contributed by atoms with Gasteiger partial charge in [-0.3, -0.25) is 0 Å². The summed E-state index contributed by atoms with van der Waals surface area (Å²) in [5.41, 5.74) is 10.2. The minimum Gasteiger partial charge on any atom is -0.399 e. The third kappa shape index (κ3) is 2.58. The summed E-state index contributed by atoms with van der Waals surface area (Å²) in [5.74, 6) is 0. The molecule has 0 spiro atoms. The Bertz CT molecular complexity index is 566. The van der Waals surface area contributed by atoms with Gasteiger partial charge in [0.1, 0.15) is 6.07 Å². The molecule has 2 aromatic rings. The third-order valence-corrected chi connectivity index (χ3v) is 3.51. The molecule has 0 saturated heterocycles. The van der Waals surface area contributed by atoms with Crippen LogP contribution in [0.25, 0.3) is 0 Å². The summed E-state index contributed by atoms with van der Waals surface area (Å²) in [7, 11) is 0. The summed E-state index contributed by atoms with van der Waals surface area (Å²) in [6.45, 7) is 2.82. The van der Waals surface area contributed by atoms with Gasteiger partial charge in [-0.25, -0.2) is 0 Å². The molecular formula is C13H13N3S. The molecule has 0 aliphatic rings.